The normalized spacial score (nSPS) is 11.5. The average Bonchev–Trinajstić information content (AvgIpc) is 2.16. The minimum atomic E-state index is -0.986. The average molecular weight is 220 g/mol. The Labute approximate surface area is 110 Å². The summed E-state index contributed by atoms with van der Waals surface area (Å²) in [6, 6.07) is 6.38. The third kappa shape index (κ3) is 4.66. The van der Waals surface area contributed by atoms with E-state index in [1.807, 2.05) is 0 Å². The zero-order valence-corrected chi connectivity index (χ0v) is 7.80. The molecule has 1 rings (SSSR count). The Hall–Kier alpha value is -0.550. The van der Waals surface area contributed by atoms with Crippen molar-refractivity contribution < 1.29 is 19.7 Å². The Morgan fingerprint density at radius 3 is 2.33 bits per heavy atom. The molecule has 4 nitrogen and oxygen atoms in total. The molecule has 0 unspecified atom stereocenters. The van der Waals surface area contributed by atoms with Crippen LogP contribution in [0.4, 0.5) is 0 Å². The molecule has 0 bridgehead atoms. The van der Waals surface area contributed by atoms with E-state index in [0.29, 0.717) is 6.42 Å². The Bertz CT molecular complexity index is 310. The first-order valence-electron chi connectivity index (χ1n) is 4.17. The molecule has 0 saturated heterocycles. The Morgan fingerprint density at radius 2 is 1.93 bits per heavy atom. The van der Waals surface area contributed by atoms with Crippen molar-refractivity contribution in [3.63, 3.8) is 0 Å². The van der Waals surface area contributed by atoms with Gasteiger partial charge in [0.05, 0.1) is 0 Å². The molecule has 0 aliphatic carbocycles. The zero-order valence-electron chi connectivity index (χ0n) is 7.80. The summed E-state index contributed by atoms with van der Waals surface area (Å²) in [6.45, 7) is 0. The van der Waals surface area contributed by atoms with Crippen LogP contribution in [0.2, 0.25) is 0 Å². The van der Waals surface area contributed by atoms with Crippen molar-refractivity contribution in [2.75, 3.05) is 7.11 Å². The number of aromatic hydroxyl groups is 1. The number of methoxy groups -OCH3 is 1. The molecule has 0 radical (unpaired) electrons. The molecule has 0 aliphatic heterocycles. The van der Waals surface area contributed by atoms with Gasteiger partial charge >= 0.3 is 35.5 Å². The number of phenols is 1. The molecule has 15 heavy (non-hydrogen) atoms. The number of aliphatic carboxylic acids is 1. The van der Waals surface area contributed by atoms with Crippen LogP contribution in [0.1, 0.15) is 5.56 Å². The summed E-state index contributed by atoms with van der Waals surface area (Å²) in [4.78, 5) is 10.6. The Kier molecular flexibility index (Phi) is 6.60. The first kappa shape index (κ1) is 14.5. The molecule has 1 aromatic rings. The van der Waals surface area contributed by atoms with Crippen LogP contribution in [0.25, 0.3) is 0 Å². The second kappa shape index (κ2) is 6.85. The fourth-order valence-corrected chi connectivity index (χ4v) is 1.12. The van der Waals surface area contributed by atoms with Gasteiger partial charge in [0, 0.05) is 13.5 Å². The van der Waals surface area contributed by atoms with Gasteiger partial charge in [-0.25, -0.2) is 4.79 Å². The van der Waals surface area contributed by atoms with E-state index < -0.39 is 12.1 Å². The molecule has 0 fully saturated rings. The van der Waals surface area contributed by atoms with Gasteiger partial charge in [-0.05, 0) is 17.7 Å². The summed E-state index contributed by atoms with van der Waals surface area (Å²) < 4.78 is 4.78. The molecule has 1 atom stereocenters. The minimum absolute atomic E-state index is 0. The SMILES string of the molecule is CO[C@H](Cc1ccc(O)cc1)C(=O)O.[NaH]. The number of rotatable bonds is 4. The van der Waals surface area contributed by atoms with Crippen LogP contribution in [0.3, 0.4) is 0 Å². The molecular formula is C10H13NaO4. The monoisotopic (exact) mass is 220 g/mol. The number of hydrogen-bond acceptors (Lipinski definition) is 3. The summed E-state index contributed by atoms with van der Waals surface area (Å²) in [6.07, 6.45) is -0.536. The third-order valence-electron chi connectivity index (χ3n) is 1.92. The van der Waals surface area contributed by atoms with Crippen LogP contribution >= 0.6 is 0 Å². The van der Waals surface area contributed by atoms with Gasteiger partial charge in [0.2, 0.25) is 0 Å². The van der Waals surface area contributed by atoms with Crippen LogP contribution in [0.15, 0.2) is 24.3 Å². The van der Waals surface area contributed by atoms with Gasteiger partial charge in [0.15, 0.2) is 6.10 Å². The predicted molar refractivity (Wildman–Crippen MR) is 57.4 cm³/mol. The summed E-state index contributed by atoms with van der Waals surface area (Å²) in [5.41, 5.74) is 0.817. The van der Waals surface area contributed by atoms with Crippen molar-refractivity contribution >= 4 is 35.5 Å². The van der Waals surface area contributed by atoms with Crippen molar-refractivity contribution in [2.24, 2.45) is 0 Å². The molecule has 0 spiro atoms. The van der Waals surface area contributed by atoms with Crippen molar-refractivity contribution in [2.45, 2.75) is 12.5 Å². The van der Waals surface area contributed by atoms with E-state index in [9.17, 15) is 4.79 Å². The van der Waals surface area contributed by atoms with Crippen molar-refractivity contribution in [3.8, 4) is 5.75 Å². The third-order valence-corrected chi connectivity index (χ3v) is 1.92. The first-order valence-corrected chi connectivity index (χ1v) is 4.17. The molecule has 0 saturated carbocycles. The van der Waals surface area contributed by atoms with E-state index in [1.54, 1.807) is 12.1 Å². The fraction of sp³-hybridized carbons (Fsp3) is 0.300. The van der Waals surface area contributed by atoms with Gasteiger partial charge in [0.1, 0.15) is 5.75 Å². The van der Waals surface area contributed by atoms with Crippen LogP contribution < -0.4 is 0 Å². The van der Waals surface area contributed by atoms with E-state index in [4.69, 9.17) is 14.9 Å². The zero-order chi connectivity index (χ0) is 10.6. The maximum absolute atomic E-state index is 10.6. The predicted octanol–water partition coefficient (Wildman–Crippen LogP) is 0.386. The molecule has 0 amide bonds. The van der Waals surface area contributed by atoms with Crippen LogP contribution in [-0.2, 0) is 16.0 Å². The van der Waals surface area contributed by atoms with Crippen molar-refractivity contribution in [1.82, 2.24) is 0 Å². The van der Waals surface area contributed by atoms with Crippen LogP contribution in [0.5, 0.6) is 5.75 Å². The molecular weight excluding hydrogens is 207 g/mol. The number of benzene rings is 1. The van der Waals surface area contributed by atoms with E-state index >= 15 is 0 Å². The number of carboxylic acid groups (broad SMARTS) is 1. The van der Waals surface area contributed by atoms with E-state index in [-0.39, 0.29) is 35.3 Å². The van der Waals surface area contributed by atoms with Gasteiger partial charge in [-0.2, -0.15) is 0 Å². The molecule has 2 N–H and O–H groups in total. The quantitative estimate of drug-likeness (QED) is 0.720. The standard InChI is InChI=1S/C10H12O4.Na.H/c1-14-9(10(12)13)6-7-2-4-8(11)5-3-7;;/h2-5,9,11H,6H2,1H3,(H,12,13);;/t9-;;/m1../s1. The van der Waals surface area contributed by atoms with E-state index in [2.05, 4.69) is 0 Å². The number of carboxylic acids is 1. The molecule has 78 valence electrons. The molecule has 0 heterocycles. The van der Waals surface area contributed by atoms with E-state index in [1.165, 1.54) is 19.2 Å². The van der Waals surface area contributed by atoms with Crippen LogP contribution in [-0.4, -0.2) is 59.0 Å². The molecule has 5 heteroatoms. The summed E-state index contributed by atoms with van der Waals surface area (Å²) in [5.74, 6) is -0.821. The van der Waals surface area contributed by atoms with Gasteiger partial charge in [-0.1, -0.05) is 12.1 Å². The summed E-state index contributed by atoms with van der Waals surface area (Å²) in [5, 5.41) is 17.7. The Morgan fingerprint density at radius 1 is 1.40 bits per heavy atom. The molecule has 0 aromatic heterocycles. The molecule has 1 aromatic carbocycles. The number of phenolic OH excluding ortho intramolecular Hbond substituents is 1. The molecule has 0 aliphatic rings. The van der Waals surface area contributed by atoms with E-state index in [0.717, 1.165) is 5.56 Å². The summed E-state index contributed by atoms with van der Waals surface area (Å²) >= 11 is 0. The number of hydrogen-bond donors (Lipinski definition) is 2. The van der Waals surface area contributed by atoms with Gasteiger partial charge in [-0.15, -0.1) is 0 Å². The number of carbonyl (C=O) groups is 1. The van der Waals surface area contributed by atoms with Gasteiger partial charge in [0.25, 0.3) is 0 Å². The number of ether oxygens (including phenoxy) is 1. The van der Waals surface area contributed by atoms with Crippen molar-refractivity contribution in [1.29, 1.82) is 0 Å². The fourth-order valence-electron chi connectivity index (χ4n) is 1.12. The van der Waals surface area contributed by atoms with Gasteiger partial charge < -0.3 is 14.9 Å². The Balaban J connectivity index is 0.00000196. The van der Waals surface area contributed by atoms with Crippen molar-refractivity contribution in [3.05, 3.63) is 29.8 Å². The van der Waals surface area contributed by atoms with Crippen LogP contribution in [0, 0.1) is 0 Å². The second-order valence-corrected chi connectivity index (χ2v) is 2.93. The first-order chi connectivity index (χ1) is 6.63. The second-order valence-electron chi connectivity index (χ2n) is 2.93. The topological polar surface area (TPSA) is 66.8 Å². The maximum atomic E-state index is 10.6. The summed E-state index contributed by atoms with van der Waals surface area (Å²) in [7, 11) is 1.36. The van der Waals surface area contributed by atoms with Gasteiger partial charge in [-0.3, -0.25) is 0 Å².